The minimum absolute atomic E-state index is 0.0649. The summed E-state index contributed by atoms with van der Waals surface area (Å²) in [7, 11) is 0. The molecule has 0 aliphatic carbocycles. The first-order chi connectivity index (χ1) is 18.7. The fourth-order valence-electron chi connectivity index (χ4n) is 4.88. The van der Waals surface area contributed by atoms with Crippen LogP contribution in [0.3, 0.4) is 0 Å². The fraction of sp³-hybridized carbons (Fsp3) is 0.310. The molecule has 39 heavy (non-hydrogen) atoms. The van der Waals surface area contributed by atoms with Crippen LogP contribution in [0.1, 0.15) is 28.8 Å². The zero-order chi connectivity index (χ0) is 27.6. The summed E-state index contributed by atoms with van der Waals surface area (Å²) < 4.78 is 56.2. The Morgan fingerprint density at radius 1 is 1.03 bits per heavy atom. The lowest BCUT2D eigenvalue weighted by Gasteiger charge is -2.28. The van der Waals surface area contributed by atoms with Crippen molar-refractivity contribution in [2.24, 2.45) is 0 Å². The predicted molar refractivity (Wildman–Crippen MR) is 143 cm³/mol. The van der Waals surface area contributed by atoms with E-state index in [1.807, 2.05) is 24.0 Å². The van der Waals surface area contributed by atoms with Crippen LogP contribution >= 0.6 is 0 Å². The molecule has 3 N–H and O–H groups in total. The largest absolute Gasteiger partial charge is 0.416 e. The normalized spacial score (nSPS) is 14.6. The molecule has 0 spiro atoms. The zero-order valence-corrected chi connectivity index (χ0v) is 21.5. The van der Waals surface area contributed by atoms with Crippen molar-refractivity contribution in [2.75, 3.05) is 31.5 Å². The van der Waals surface area contributed by atoms with E-state index in [2.05, 4.69) is 20.6 Å². The third-order valence-corrected chi connectivity index (χ3v) is 6.92. The molecule has 3 heterocycles. The summed E-state index contributed by atoms with van der Waals surface area (Å²) in [5, 5.41) is 6.64. The first-order valence-corrected chi connectivity index (χ1v) is 12.8. The molecule has 0 atom stereocenters. The van der Waals surface area contributed by atoms with E-state index < -0.39 is 23.5 Å². The molecule has 4 aromatic rings. The minimum Gasteiger partial charge on any atom is -0.344 e. The maximum Gasteiger partial charge on any atom is 0.416 e. The highest BCUT2D eigenvalue weighted by atomic mass is 19.4. The molecule has 1 saturated heterocycles. The number of H-pyrrole nitrogens is 1. The second kappa shape index (κ2) is 11.2. The lowest BCUT2D eigenvalue weighted by molar-refractivity contribution is -0.138. The Morgan fingerprint density at radius 2 is 1.79 bits per heavy atom. The summed E-state index contributed by atoms with van der Waals surface area (Å²) in [5.74, 6) is -0.943. The van der Waals surface area contributed by atoms with Crippen molar-refractivity contribution in [1.29, 1.82) is 0 Å². The van der Waals surface area contributed by atoms with Gasteiger partial charge in [0.1, 0.15) is 11.5 Å². The summed E-state index contributed by atoms with van der Waals surface area (Å²) in [6, 6.07) is 12.6. The molecule has 2 aromatic heterocycles. The van der Waals surface area contributed by atoms with Gasteiger partial charge in [-0.25, -0.2) is 9.37 Å². The number of pyridine rings is 1. The average Bonchev–Trinajstić information content (AvgIpc) is 3.28. The molecular formula is C29H29F4N5O. The van der Waals surface area contributed by atoms with Gasteiger partial charge in [-0.05, 0) is 60.4 Å². The molecular weight excluding hydrogens is 510 g/mol. The monoisotopic (exact) mass is 539 g/mol. The van der Waals surface area contributed by atoms with Crippen LogP contribution in [0.5, 0.6) is 0 Å². The number of aryl methyl sites for hydroxylation is 2. The number of aromatic amines is 1. The predicted octanol–water partition coefficient (Wildman–Crippen LogP) is 5.67. The molecule has 2 aromatic carbocycles. The van der Waals surface area contributed by atoms with E-state index in [0.717, 1.165) is 41.4 Å². The SMILES string of the molecule is Cc1cc2cc(-c3ccc(CCC(=O)Nc4ccc(CN5CCNCC5)c(C(F)(F)F)c4)c(F)c3)cnc2[nH]1. The van der Waals surface area contributed by atoms with Gasteiger partial charge in [0.05, 0.1) is 5.56 Å². The molecule has 0 unspecified atom stereocenters. The highest BCUT2D eigenvalue weighted by molar-refractivity contribution is 5.91. The Bertz CT molecular complexity index is 1490. The number of aromatic nitrogens is 2. The van der Waals surface area contributed by atoms with E-state index >= 15 is 0 Å². The Kier molecular flexibility index (Phi) is 7.67. The summed E-state index contributed by atoms with van der Waals surface area (Å²) in [4.78, 5) is 22.0. The van der Waals surface area contributed by atoms with E-state index in [4.69, 9.17) is 0 Å². The van der Waals surface area contributed by atoms with Crippen LogP contribution in [0, 0.1) is 12.7 Å². The van der Waals surface area contributed by atoms with Gasteiger partial charge in [0.25, 0.3) is 0 Å². The van der Waals surface area contributed by atoms with Gasteiger partial charge < -0.3 is 15.6 Å². The maximum absolute atomic E-state index is 14.9. The molecule has 1 aliphatic rings. The maximum atomic E-state index is 14.9. The quantitative estimate of drug-likeness (QED) is 0.265. The van der Waals surface area contributed by atoms with Gasteiger partial charge in [0.15, 0.2) is 0 Å². The summed E-state index contributed by atoms with van der Waals surface area (Å²) in [6.45, 7) is 4.94. The van der Waals surface area contributed by atoms with Crippen molar-refractivity contribution in [3.8, 4) is 11.1 Å². The number of nitrogens with one attached hydrogen (secondary N) is 3. The molecule has 10 heteroatoms. The Hall–Kier alpha value is -3.76. The van der Waals surface area contributed by atoms with Crippen LogP contribution in [0.2, 0.25) is 0 Å². The number of piperazine rings is 1. The van der Waals surface area contributed by atoms with Crippen molar-refractivity contribution >= 4 is 22.6 Å². The number of nitrogens with zero attached hydrogens (tertiary/aromatic N) is 2. The standard InChI is InChI=1S/C29H29F4N5O/c1-18-12-22-13-23(16-35-28(22)36-18)20-3-2-19(26(30)14-20)5-7-27(39)37-24-6-4-21(25(15-24)29(31,32)33)17-38-10-8-34-9-11-38/h2-4,6,12-16,34H,5,7-11,17H2,1H3,(H,35,36)(H,37,39). The fourth-order valence-corrected chi connectivity index (χ4v) is 4.88. The Labute approximate surface area is 223 Å². The van der Waals surface area contributed by atoms with Crippen LogP contribution in [-0.4, -0.2) is 47.0 Å². The molecule has 1 aliphatic heterocycles. The highest BCUT2D eigenvalue weighted by Crippen LogP contribution is 2.34. The van der Waals surface area contributed by atoms with Crippen molar-refractivity contribution in [3.05, 3.63) is 82.9 Å². The number of rotatable bonds is 7. The third kappa shape index (κ3) is 6.46. The molecule has 1 amide bonds. The first-order valence-electron chi connectivity index (χ1n) is 12.8. The van der Waals surface area contributed by atoms with E-state index in [1.54, 1.807) is 18.3 Å². The van der Waals surface area contributed by atoms with Crippen molar-refractivity contribution in [3.63, 3.8) is 0 Å². The molecule has 0 radical (unpaired) electrons. The molecule has 0 saturated carbocycles. The molecule has 0 bridgehead atoms. The lowest BCUT2D eigenvalue weighted by Crippen LogP contribution is -2.43. The van der Waals surface area contributed by atoms with Crippen molar-refractivity contribution in [2.45, 2.75) is 32.5 Å². The highest BCUT2D eigenvalue weighted by Gasteiger charge is 2.34. The number of carbonyl (C=O) groups is 1. The van der Waals surface area contributed by atoms with Gasteiger partial charge in [-0.15, -0.1) is 0 Å². The zero-order valence-electron chi connectivity index (χ0n) is 21.5. The number of halogens is 4. The Morgan fingerprint density at radius 3 is 2.54 bits per heavy atom. The van der Waals surface area contributed by atoms with Crippen LogP contribution in [0.4, 0.5) is 23.2 Å². The van der Waals surface area contributed by atoms with Crippen LogP contribution in [0.25, 0.3) is 22.2 Å². The summed E-state index contributed by atoms with van der Waals surface area (Å²) in [5.41, 5.74) is 3.00. The van der Waals surface area contributed by atoms with Gasteiger partial charge in [-0.1, -0.05) is 18.2 Å². The summed E-state index contributed by atoms with van der Waals surface area (Å²) >= 11 is 0. The average molecular weight is 540 g/mol. The van der Waals surface area contributed by atoms with E-state index in [1.165, 1.54) is 18.2 Å². The number of amides is 1. The first kappa shape index (κ1) is 26.8. The lowest BCUT2D eigenvalue weighted by atomic mass is 10.0. The van der Waals surface area contributed by atoms with Gasteiger partial charge in [-0.3, -0.25) is 9.69 Å². The van der Waals surface area contributed by atoms with Crippen molar-refractivity contribution in [1.82, 2.24) is 20.2 Å². The van der Waals surface area contributed by atoms with Crippen molar-refractivity contribution < 1.29 is 22.4 Å². The van der Waals surface area contributed by atoms with Crippen LogP contribution < -0.4 is 10.6 Å². The van der Waals surface area contributed by atoms with Gasteiger partial charge in [0, 0.05) is 67.7 Å². The Balaban J connectivity index is 1.23. The van der Waals surface area contributed by atoms with Gasteiger partial charge >= 0.3 is 6.18 Å². The van der Waals surface area contributed by atoms with E-state index in [-0.39, 0.29) is 30.6 Å². The second-order valence-electron chi connectivity index (χ2n) is 9.86. The molecule has 204 valence electrons. The topological polar surface area (TPSA) is 73.1 Å². The molecule has 1 fully saturated rings. The van der Waals surface area contributed by atoms with Crippen LogP contribution in [0.15, 0.2) is 54.7 Å². The van der Waals surface area contributed by atoms with Crippen LogP contribution in [-0.2, 0) is 23.9 Å². The molecule has 6 nitrogen and oxygen atoms in total. The van der Waals surface area contributed by atoms with Gasteiger partial charge in [-0.2, -0.15) is 13.2 Å². The number of hydrogen-bond donors (Lipinski definition) is 3. The number of alkyl halides is 3. The summed E-state index contributed by atoms with van der Waals surface area (Å²) in [6.07, 6.45) is -2.84. The smallest absolute Gasteiger partial charge is 0.344 e. The van der Waals surface area contributed by atoms with Gasteiger partial charge in [0.2, 0.25) is 5.91 Å². The van der Waals surface area contributed by atoms with E-state index in [9.17, 15) is 22.4 Å². The van der Waals surface area contributed by atoms with E-state index in [0.29, 0.717) is 24.2 Å². The number of benzene rings is 2. The third-order valence-electron chi connectivity index (χ3n) is 6.92. The number of anilines is 1. The number of fused-ring (bicyclic) bond motifs is 1. The molecule has 5 rings (SSSR count). The number of carbonyl (C=O) groups excluding carboxylic acids is 1. The number of hydrogen-bond acceptors (Lipinski definition) is 4. The second-order valence-corrected chi connectivity index (χ2v) is 9.86. The minimum atomic E-state index is -4.55.